The Morgan fingerprint density at radius 2 is 1.76 bits per heavy atom. The molecule has 3 fully saturated rings. The zero-order valence-electron chi connectivity index (χ0n) is 28.0. The lowest BCUT2D eigenvalue weighted by Crippen LogP contribution is -2.52. The van der Waals surface area contributed by atoms with Crippen molar-refractivity contribution < 1.29 is 18.9 Å². The van der Waals surface area contributed by atoms with E-state index in [1.165, 1.54) is 19.2 Å². The molecule has 15 nitrogen and oxygen atoms in total. The van der Waals surface area contributed by atoms with Crippen molar-refractivity contribution in [3.05, 3.63) is 48.7 Å². The van der Waals surface area contributed by atoms with Gasteiger partial charge in [-0.2, -0.15) is 5.26 Å². The van der Waals surface area contributed by atoms with Crippen molar-refractivity contribution in [1.29, 1.82) is 5.26 Å². The molecular formula is C34H43N11O4. The third kappa shape index (κ3) is 7.66. The average Bonchev–Trinajstić information content (AvgIpc) is 3.85. The predicted octanol–water partition coefficient (Wildman–Crippen LogP) is 4.17. The van der Waals surface area contributed by atoms with Crippen LogP contribution in [0.3, 0.4) is 0 Å². The minimum absolute atomic E-state index is 0.268. The molecule has 0 radical (unpaired) electrons. The maximum absolute atomic E-state index is 9.67. The van der Waals surface area contributed by atoms with Crippen LogP contribution < -0.4 is 14.8 Å². The largest absolute Gasteiger partial charge is 0.487 e. The fraction of sp³-hybridized carbons (Fsp3) is 0.559. The molecule has 1 aliphatic carbocycles. The minimum Gasteiger partial charge on any atom is -0.487 e. The number of hydrogen-bond donors (Lipinski definition) is 1. The van der Waals surface area contributed by atoms with Gasteiger partial charge in [0.05, 0.1) is 44.2 Å². The summed E-state index contributed by atoms with van der Waals surface area (Å²) in [6, 6.07) is 9.73. The second kappa shape index (κ2) is 15.3. The zero-order valence-corrected chi connectivity index (χ0v) is 28.0. The van der Waals surface area contributed by atoms with E-state index in [9.17, 15) is 5.26 Å². The minimum atomic E-state index is -0.268. The standard InChI is InChI=1S/C34H43N11O4/c1-23(18-43-22-38-41-42-43)49-32-14-24(4-5-25(32)15-35)26-16-36-34(37-17-26)39-31-19-44(40-33(31)48-13-3-12-46-2)27-6-8-28(9-7-27)45-29-10-11-30(45)21-47-20-29/h4-5,14,16-17,19,22-23,27-30H,3,6-13,18,20-21H2,1-2H3,(H,36,37,39)/t23-,27-,28-,29+,30+/m0/s1. The van der Waals surface area contributed by atoms with Crippen LogP contribution in [0.25, 0.3) is 11.1 Å². The van der Waals surface area contributed by atoms with E-state index in [2.05, 4.69) is 46.5 Å². The van der Waals surface area contributed by atoms with E-state index in [1.807, 2.05) is 25.3 Å². The second-order valence-electron chi connectivity index (χ2n) is 13.1. The van der Waals surface area contributed by atoms with Crippen LogP contribution in [0, 0.1) is 11.3 Å². The third-order valence-electron chi connectivity index (χ3n) is 9.69. The molecule has 3 atom stereocenters. The molecule has 0 amide bonds. The van der Waals surface area contributed by atoms with Crippen molar-refractivity contribution >= 4 is 11.6 Å². The number of nitrogens with one attached hydrogen (secondary N) is 1. The molecule has 1 N–H and O–H groups in total. The van der Waals surface area contributed by atoms with Crippen molar-refractivity contribution in [3.8, 4) is 28.8 Å². The van der Waals surface area contributed by atoms with Gasteiger partial charge in [0, 0.05) is 56.2 Å². The summed E-state index contributed by atoms with van der Waals surface area (Å²) in [6.07, 6.45) is 14.5. The van der Waals surface area contributed by atoms with Gasteiger partial charge < -0.3 is 24.3 Å². The summed E-state index contributed by atoms with van der Waals surface area (Å²) in [5, 5.41) is 29.1. The molecule has 1 aromatic carbocycles. The van der Waals surface area contributed by atoms with E-state index in [4.69, 9.17) is 24.0 Å². The van der Waals surface area contributed by atoms with Crippen LogP contribution in [0.15, 0.2) is 43.1 Å². The number of ether oxygens (including phenoxy) is 4. The summed E-state index contributed by atoms with van der Waals surface area (Å²) in [6.45, 7) is 5.20. The van der Waals surface area contributed by atoms with Crippen LogP contribution in [-0.4, -0.2) is 103 Å². The highest BCUT2D eigenvalue weighted by molar-refractivity contribution is 5.67. The zero-order chi connectivity index (χ0) is 33.6. The quantitative estimate of drug-likeness (QED) is 0.191. The number of nitriles is 1. The van der Waals surface area contributed by atoms with E-state index in [0.29, 0.717) is 67.1 Å². The summed E-state index contributed by atoms with van der Waals surface area (Å²) in [7, 11) is 1.69. The van der Waals surface area contributed by atoms with Gasteiger partial charge in [0.15, 0.2) is 0 Å². The molecule has 7 rings (SSSR count). The molecule has 5 heterocycles. The molecule has 15 heteroatoms. The van der Waals surface area contributed by atoms with Gasteiger partial charge in [0.25, 0.3) is 5.88 Å². The van der Waals surface area contributed by atoms with Crippen molar-refractivity contribution in [2.45, 2.75) is 88.7 Å². The number of tetrazole rings is 1. The topological polar surface area (TPSA) is 163 Å². The lowest BCUT2D eigenvalue weighted by atomic mass is 9.89. The summed E-state index contributed by atoms with van der Waals surface area (Å²) in [5.41, 5.74) is 2.77. The van der Waals surface area contributed by atoms with E-state index in [0.717, 1.165) is 62.1 Å². The molecule has 2 saturated heterocycles. The molecule has 3 aliphatic rings. The number of fused-ring (bicyclic) bond motifs is 2. The Balaban J connectivity index is 1.02. The first-order valence-electron chi connectivity index (χ1n) is 17.1. The van der Waals surface area contributed by atoms with E-state index >= 15 is 0 Å². The van der Waals surface area contributed by atoms with Crippen molar-refractivity contribution in [1.82, 2.24) is 44.9 Å². The van der Waals surface area contributed by atoms with Gasteiger partial charge in [-0.05, 0) is 73.6 Å². The third-order valence-corrected chi connectivity index (χ3v) is 9.69. The maximum atomic E-state index is 9.67. The van der Waals surface area contributed by atoms with Gasteiger partial charge in [0.1, 0.15) is 29.9 Å². The Labute approximate surface area is 285 Å². The summed E-state index contributed by atoms with van der Waals surface area (Å²) in [4.78, 5) is 12.0. The molecular weight excluding hydrogens is 626 g/mol. The van der Waals surface area contributed by atoms with E-state index < -0.39 is 0 Å². The number of hydrogen-bond acceptors (Lipinski definition) is 13. The van der Waals surface area contributed by atoms with Crippen LogP contribution in [0.1, 0.15) is 63.5 Å². The molecule has 0 unspecified atom stereocenters. The predicted molar refractivity (Wildman–Crippen MR) is 178 cm³/mol. The Bertz CT molecular complexity index is 1680. The van der Waals surface area contributed by atoms with Gasteiger partial charge >= 0.3 is 0 Å². The highest BCUT2D eigenvalue weighted by Crippen LogP contribution is 2.39. The Morgan fingerprint density at radius 1 is 1.00 bits per heavy atom. The first-order chi connectivity index (χ1) is 24.1. The summed E-state index contributed by atoms with van der Waals surface area (Å²) in [5.74, 6) is 1.43. The lowest BCUT2D eigenvalue weighted by molar-refractivity contribution is -0.0458. The fourth-order valence-electron chi connectivity index (χ4n) is 7.34. The Kier molecular flexibility index (Phi) is 10.2. The highest BCUT2D eigenvalue weighted by atomic mass is 16.5. The number of morpholine rings is 1. The van der Waals surface area contributed by atoms with Gasteiger partial charge in [0.2, 0.25) is 5.95 Å². The monoisotopic (exact) mass is 669 g/mol. The molecule has 2 bridgehead atoms. The fourth-order valence-corrected chi connectivity index (χ4v) is 7.34. The van der Waals surface area contributed by atoms with Gasteiger partial charge in [-0.3, -0.25) is 9.58 Å². The van der Waals surface area contributed by atoms with Crippen molar-refractivity contribution in [3.63, 3.8) is 0 Å². The van der Waals surface area contributed by atoms with Crippen LogP contribution in [0.5, 0.6) is 11.6 Å². The Hall–Kier alpha value is -4.65. The van der Waals surface area contributed by atoms with Crippen molar-refractivity contribution in [2.24, 2.45) is 0 Å². The van der Waals surface area contributed by atoms with Crippen LogP contribution in [0.2, 0.25) is 0 Å². The first kappa shape index (κ1) is 32.9. The number of aromatic nitrogens is 8. The van der Waals surface area contributed by atoms with Gasteiger partial charge in [-0.1, -0.05) is 6.07 Å². The van der Waals surface area contributed by atoms with Crippen LogP contribution in [-0.2, 0) is 16.0 Å². The number of nitrogens with zero attached hydrogens (tertiary/aromatic N) is 10. The molecule has 258 valence electrons. The van der Waals surface area contributed by atoms with Crippen LogP contribution in [0.4, 0.5) is 11.6 Å². The molecule has 2 aliphatic heterocycles. The Morgan fingerprint density at radius 3 is 2.47 bits per heavy atom. The molecule has 0 spiro atoms. The van der Waals surface area contributed by atoms with Gasteiger partial charge in [-0.25, -0.2) is 14.6 Å². The molecule has 3 aromatic heterocycles. The SMILES string of the molecule is COCCCOc1nn([C@H]2CC[C@H](N3[C@@H]4CC[C@@H]3COC4)CC2)cc1Nc1ncc(-c2ccc(C#N)c(O[C@@H](C)Cn3cnnn3)c2)cn1. The number of anilines is 2. The van der Waals surface area contributed by atoms with E-state index in [1.54, 1.807) is 30.3 Å². The van der Waals surface area contributed by atoms with E-state index in [-0.39, 0.29) is 6.10 Å². The maximum Gasteiger partial charge on any atom is 0.256 e. The smallest absolute Gasteiger partial charge is 0.256 e. The first-order valence-corrected chi connectivity index (χ1v) is 17.1. The number of rotatable bonds is 14. The van der Waals surface area contributed by atoms with Crippen LogP contribution >= 0.6 is 0 Å². The van der Waals surface area contributed by atoms with Gasteiger partial charge in [-0.15, -0.1) is 10.2 Å². The molecule has 4 aromatic rings. The summed E-state index contributed by atoms with van der Waals surface area (Å²) < 4.78 is 26.9. The highest BCUT2D eigenvalue weighted by Gasteiger charge is 2.42. The second-order valence-corrected chi connectivity index (χ2v) is 13.1. The lowest BCUT2D eigenvalue weighted by Gasteiger charge is -2.43. The normalized spacial score (nSPS) is 22.8. The molecule has 1 saturated carbocycles. The number of benzene rings is 1. The average molecular weight is 670 g/mol. The summed E-state index contributed by atoms with van der Waals surface area (Å²) >= 11 is 0. The van der Waals surface area contributed by atoms with Crippen molar-refractivity contribution in [2.75, 3.05) is 38.9 Å². The number of methoxy groups -OCH3 is 1. The molecule has 49 heavy (non-hydrogen) atoms.